The molecule has 6 heteroatoms. The number of amides is 1. The van der Waals surface area contributed by atoms with Crippen molar-refractivity contribution in [1.82, 2.24) is 10.3 Å². The van der Waals surface area contributed by atoms with Crippen molar-refractivity contribution in [2.24, 2.45) is 5.92 Å². The lowest BCUT2D eigenvalue weighted by Gasteiger charge is -2.31. The van der Waals surface area contributed by atoms with Gasteiger partial charge in [0.05, 0.1) is 10.2 Å². The zero-order valence-electron chi connectivity index (χ0n) is 13.8. The van der Waals surface area contributed by atoms with Crippen molar-refractivity contribution < 1.29 is 4.79 Å². The van der Waals surface area contributed by atoms with Crippen LogP contribution >= 0.6 is 23.1 Å². The van der Waals surface area contributed by atoms with Crippen molar-refractivity contribution in [3.63, 3.8) is 0 Å². The van der Waals surface area contributed by atoms with Crippen LogP contribution in [0.25, 0.3) is 10.2 Å². The minimum atomic E-state index is 0.145. The number of fused-ring (bicyclic) bond motifs is 1. The van der Waals surface area contributed by atoms with Gasteiger partial charge < -0.3 is 10.2 Å². The molecule has 0 unspecified atom stereocenters. The van der Waals surface area contributed by atoms with Crippen LogP contribution in [0, 0.1) is 5.92 Å². The largest absolute Gasteiger partial charge is 0.354 e. The van der Waals surface area contributed by atoms with Gasteiger partial charge >= 0.3 is 0 Å². The van der Waals surface area contributed by atoms with Gasteiger partial charge in [-0.15, -0.1) is 11.8 Å². The van der Waals surface area contributed by atoms with Crippen LogP contribution in [0.2, 0.25) is 0 Å². The molecule has 0 radical (unpaired) electrons. The minimum absolute atomic E-state index is 0.145. The summed E-state index contributed by atoms with van der Waals surface area (Å²) in [7, 11) is 0. The van der Waals surface area contributed by atoms with Crippen LogP contribution < -0.4 is 10.2 Å². The summed E-state index contributed by atoms with van der Waals surface area (Å²) in [4.78, 5) is 20.5. The van der Waals surface area contributed by atoms with Gasteiger partial charge in [0, 0.05) is 29.9 Å². The third-order valence-electron chi connectivity index (χ3n) is 4.15. The average molecular weight is 350 g/mol. The van der Waals surface area contributed by atoms with E-state index >= 15 is 0 Å². The van der Waals surface area contributed by atoms with Gasteiger partial charge in [-0.3, -0.25) is 4.79 Å². The molecule has 0 aliphatic carbocycles. The first-order valence-electron chi connectivity index (χ1n) is 8.06. The van der Waals surface area contributed by atoms with Crippen LogP contribution in [0.1, 0.15) is 26.7 Å². The van der Waals surface area contributed by atoms with E-state index < -0.39 is 0 Å². The molecule has 0 saturated carbocycles. The average Bonchev–Trinajstić information content (AvgIpc) is 2.97. The van der Waals surface area contributed by atoms with Gasteiger partial charge in [0.1, 0.15) is 0 Å². The quantitative estimate of drug-likeness (QED) is 0.854. The zero-order valence-corrected chi connectivity index (χ0v) is 15.5. The predicted octanol–water partition coefficient (Wildman–Crippen LogP) is 3.76. The molecule has 3 rings (SSSR count). The molecule has 1 aliphatic rings. The summed E-state index contributed by atoms with van der Waals surface area (Å²) >= 11 is 3.51. The molecule has 1 aromatic heterocycles. The summed E-state index contributed by atoms with van der Waals surface area (Å²) in [6.45, 7) is 5.84. The SMILES string of the molecule is CSc1ccc2nc(N3CCC(C(=O)NC(C)C)CC3)sc2c1. The molecule has 1 fully saturated rings. The number of aromatic nitrogens is 1. The molecule has 4 nitrogen and oxygen atoms in total. The molecule has 1 saturated heterocycles. The molecule has 124 valence electrons. The van der Waals surface area contributed by atoms with Crippen LogP contribution in [0.3, 0.4) is 0 Å². The first-order valence-corrected chi connectivity index (χ1v) is 10.1. The molecule has 0 bridgehead atoms. The third-order valence-corrected chi connectivity index (χ3v) is 5.96. The van der Waals surface area contributed by atoms with E-state index in [2.05, 4.69) is 34.7 Å². The minimum Gasteiger partial charge on any atom is -0.354 e. The first kappa shape index (κ1) is 16.6. The number of anilines is 1. The van der Waals surface area contributed by atoms with Crippen LogP contribution in [-0.4, -0.2) is 36.3 Å². The number of piperidine rings is 1. The molecular formula is C17H23N3OS2. The molecule has 2 aromatic rings. The number of nitrogens with one attached hydrogen (secondary N) is 1. The second-order valence-corrected chi connectivity index (χ2v) is 8.14. The number of hydrogen-bond acceptors (Lipinski definition) is 5. The standard InChI is InChI=1S/C17H23N3OS2/c1-11(2)18-16(21)12-6-8-20(9-7-12)17-19-14-5-4-13(22-3)10-15(14)23-17/h4-5,10-12H,6-9H2,1-3H3,(H,18,21). The normalized spacial score (nSPS) is 16.3. The van der Waals surface area contributed by atoms with E-state index in [0.717, 1.165) is 36.6 Å². The van der Waals surface area contributed by atoms with Gasteiger partial charge in [-0.1, -0.05) is 11.3 Å². The Labute approximate surface area is 145 Å². The lowest BCUT2D eigenvalue weighted by molar-refractivity contribution is -0.126. The Morgan fingerprint density at radius 3 is 2.78 bits per heavy atom. The highest BCUT2D eigenvalue weighted by Crippen LogP contribution is 2.33. The number of nitrogens with zero attached hydrogens (tertiary/aromatic N) is 2. The van der Waals surface area contributed by atoms with Crippen molar-refractivity contribution in [2.45, 2.75) is 37.6 Å². The Morgan fingerprint density at radius 1 is 1.39 bits per heavy atom. The molecular weight excluding hydrogens is 326 g/mol. The third kappa shape index (κ3) is 3.80. The van der Waals surface area contributed by atoms with Crippen molar-refractivity contribution in [3.05, 3.63) is 18.2 Å². The fraction of sp³-hybridized carbons (Fsp3) is 0.529. The Kier molecular flexibility index (Phi) is 5.11. The first-order chi connectivity index (χ1) is 11.1. The summed E-state index contributed by atoms with van der Waals surface area (Å²) < 4.78 is 1.24. The molecule has 2 heterocycles. The summed E-state index contributed by atoms with van der Waals surface area (Å²) in [6.07, 6.45) is 3.91. The highest BCUT2D eigenvalue weighted by molar-refractivity contribution is 7.98. The van der Waals surface area contributed by atoms with Crippen LogP contribution in [0.4, 0.5) is 5.13 Å². The number of rotatable bonds is 4. The lowest BCUT2D eigenvalue weighted by Crippen LogP contribution is -2.42. The summed E-state index contributed by atoms with van der Waals surface area (Å²) in [5.74, 6) is 0.347. The monoisotopic (exact) mass is 349 g/mol. The number of thioether (sulfide) groups is 1. The molecule has 1 aliphatic heterocycles. The zero-order chi connectivity index (χ0) is 16.4. The molecule has 1 N–H and O–H groups in total. The lowest BCUT2D eigenvalue weighted by atomic mass is 9.96. The smallest absolute Gasteiger partial charge is 0.223 e. The fourth-order valence-electron chi connectivity index (χ4n) is 2.89. The fourth-order valence-corrected chi connectivity index (χ4v) is 4.46. The molecule has 23 heavy (non-hydrogen) atoms. The van der Waals surface area contributed by atoms with Crippen molar-refractivity contribution in [3.8, 4) is 0 Å². The second-order valence-electron chi connectivity index (χ2n) is 6.25. The Bertz CT molecular complexity index is 690. The van der Waals surface area contributed by atoms with Gasteiger partial charge in [0.2, 0.25) is 5.91 Å². The predicted molar refractivity (Wildman–Crippen MR) is 99.6 cm³/mol. The highest BCUT2D eigenvalue weighted by atomic mass is 32.2. The number of thiazole rings is 1. The van der Waals surface area contributed by atoms with Crippen LogP contribution in [0.15, 0.2) is 23.1 Å². The maximum atomic E-state index is 12.1. The number of hydrogen-bond donors (Lipinski definition) is 1. The van der Waals surface area contributed by atoms with Gasteiger partial charge in [-0.05, 0) is 51.1 Å². The van der Waals surface area contributed by atoms with E-state index in [1.807, 2.05) is 13.8 Å². The summed E-state index contributed by atoms with van der Waals surface area (Å²) in [6, 6.07) is 6.66. The maximum absolute atomic E-state index is 12.1. The second kappa shape index (κ2) is 7.09. The van der Waals surface area contributed by atoms with E-state index in [9.17, 15) is 4.79 Å². The number of carbonyl (C=O) groups excluding carboxylic acids is 1. The van der Waals surface area contributed by atoms with E-state index in [4.69, 9.17) is 4.98 Å². The molecule has 0 spiro atoms. The van der Waals surface area contributed by atoms with E-state index in [0.29, 0.717) is 0 Å². The van der Waals surface area contributed by atoms with Gasteiger partial charge in [-0.2, -0.15) is 0 Å². The topological polar surface area (TPSA) is 45.2 Å². The van der Waals surface area contributed by atoms with Crippen molar-refractivity contribution >= 4 is 44.4 Å². The van der Waals surface area contributed by atoms with Gasteiger partial charge in [0.25, 0.3) is 0 Å². The van der Waals surface area contributed by atoms with Gasteiger partial charge in [0.15, 0.2) is 5.13 Å². The van der Waals surface area contributed by atoms with Crippen LogP contribution in [-0.2, 0) is 4.79 Å². The van der Waals surface area contributed by atoms with E-state index in [1.54, 1.807) is 23.1 Å². The Hall–Kier alpha value is -1.27. The molecule has 0 atom stereocenters. The van der Waals surface area contributed by atoms with E-state index in [-0.39, 0.29) is 17.9 Å². The van der Waals surface area contributed by atoms with E-state index in [1.165, 1.54) is 9.60 Å². The maximum Gasteiger partial charge on any atom is 0.223 e. The Morgan fingerprint density at radius 2 is 2.13 bits per heavy atom. The highest BCUT2D eigenvalue weighted by Gasteiger charge is 2.26. The van der Waals surface area contributed by atoms with Crippen LogP contribution in [0.5, 0.6) is 0 Å². The molecule has 1 aromatic carbocycles. The number of carbonyl (C=O) groups is 1. The summed E-state index contributed by atoms with van der Waals surface area (Å²) in [5, 5.41) is 4.11. The van der Waals surface area contributed by atoms with Crippen molar-refractivity contribution in [1.29, 1.82) is 0 Å². The summed E-state index contributed by atoms with van der Waals surface area (Å²) in [5.41, 5.74) is 1.07. The molecule has 1 amide bonds. The number of benzene rings is 1. The van der Waals surface area contributed by atoms with Gasteiger partial charge in [-0.25, -0.2) is 4.98 Å². The Balaban J connectivity index is 1.66. The van der Waals surface area contributed by atoms with Crippen molar-refractivity contribution in [2.75, 3.05) is 24.2 Å².